The van der Waals surface area contributed by atoms with E-state index in [-0.39, 0.29) is 0 Å². The molecule has 1 aromatic rings. The summed E-state index contributed by atoms with van der Waals surface area (Å²) in [6, 6.07) is 8.38. The molecular weight excluding hydrogens is 396 g/mol. The Bertz CT molecular complexity index is 353. The zero-order valence-electron chi connectivity index (χ0n) is 9.92. The Balaban J connectivity index is 0. The van der Waals surface area contributed by atoms with E-state index in [1.54, 1.807) is 0 Å². The monoisotopic (exact) mass is 408 g/mol. The molecule has 1 aliphatic rings. The second kappa shape index (κ2) is 16.2. The van der Waals surface area contributed by atoms with Crippen molar-refractivity contribution in [1.82, 2.24) is 0 Å². The molecule has 5 radical (unpaired) electrons. The normalized spacial score (nSPS) is 11.1. The van der Waals surface area contributed by atoms with Gasteiger partial charge in [-0.25, -0.2) is 0 Å². The summed E-state index contributed by atoms with van der Waals surface area (Å²) in [6.45, 7) is 11.1. The Morgan fingerprint density at radius 1 is 0.833 bits per heavy atom. The molecule has 0 saturated heterocycles. The van der Waals surface area contributed by atoms with Gasteiger partial charge in [-0.3, -0.25) is 0 Å². The largest absolute Gasteiger partial charge is 0.0312 e. The van der Waals surface area contributed by atoms with Crippen molar-refractivity contribution in [3.8, 4) is 4.20 Å². The molecule has 0 heterocycles. The Hall–Kier alpha value is -0.832. The summed E-state index contributed by atoms with van der Waals surface area (Å²) in [5.74, 6) is 0. The third kappa shape index (κ3) is 11.6. The van der Waals surface area contributed by atoms with Crippen molar-refractivity contribution in [3.05, 3.63) is 80.8 Å². The van der Waals surface area contributed by atoms with Crippen LogP contribution in [0.5, 0.6) is 0 Å². The molecule has 1 aromatic carbocycles. The first-order valence-corrected chi connectivity index (χ1v) is 6.32. The number of rotatable bonds is 0. The van der Waals surface area contributed by atoms with Gasteiger partial charge in [0, 0.05) is 0 Å². The van der Waals surface area contributed by atoms with Crippen molar-refractivity contribution in [2.75, 3.05) is 0 Å². The molecule has 0 atom stereocenters. The van der Waals surface area contributed by atoms with Crippen LogP contribution in [0.3, 0.4) is 0 Å². The van der Waals surface area contributed by atoms with Gasteiger partial charge in [0.1, 0.15) is 0 Å². The Morgan fingerprint density at radius 2 is 1.17 bits per heavy atom. The van der Waals surface area contributed by atoms with Gasteiger partial charge in [-0.05, 0) is 32.1 Å². The molecule has 0 aromatic heterocycles. The van der Waals surface area contributed by atoms with E-state index in [9.17, 15) is 0 Å². The standard InChI is InChI=1S/C8H7.C5H5.2CO.W/c1-7-3-5-8(2)6-4-7;1-2-4-5-3-1;2*1-2;/h3-6H,1H3;1-5H;;;. The first kappa shape index (κ1) is 19.5. The van der Waals surface area contributed by atoms with Crippen LogP contribution in [0, 0.1) is 56.5 Å². The minimum Gasteiger partial charge on any atom is -0.0312 e. The van der Waals surface area contributed by atoms with Crippen LogP contribution in [-0.2, 0) is 28.5 Å². The summed E-state index contributed by atoms with van der Waals surface area (Å²) in [4.78, 5) is 0. The zero-order chi connectivity index (χ0) is 14.2. The van der Waals surface area contributed by atoms with Crippen LogP contribution in [0.4, 0.5) is 0 Å². The van der Waals surface area contributed by atoms with Gasteiger partial charge in [0.05, 0.1) is 0 Å². The number of aryl methyl sites for hydroxylation is 1. The molecule has 18 heavy (non-hydrogen) atoms. The van der Waals surface area contributed by atoms with Crippen LogP contribution in [0.1, 0.15) is 11.1 Å². The van der Waals surface area contributed by atoms with E-state index in [0.29, 0.717) is 0 Å². The van der Waals surface area contributed by atoms with Gasteiger partial charge in [0.25, 0.3) is 0 Å². The summed E-state index contributed by atoms with van der Waals surface area (Å²) in [5, 5.41) is 0. The molecule has 0 N–H and O–H groups in total. The van der Waals surface area contributed by atoms with E-state index in [1.165, 1.54) is 30.3 Å². The number of hydrogen-bond acceptors (Lipinski definition) is 0. The molecule has 1 fully saturated rings. The van der Waals surface area contributed by atoms with E-state index in [4.69, 9.17) is 9.30 Å². The minimum atomic E-state index is 1.20. The molecule has 1 aliphatic carbocycles. The molecule has 2 nitrogen and oxygen atoms in total. The molecule has 1 saturated carbocycles. The second-order valence-electron chi connectivity index (χ2n) is 2.93. The molecule has 0 aliphatic heterocycles. The topological polar surface area (TPSA) is 39.8 Å². The molecule has 0 amide bonds. The summed E-state index contributed by atoms with van der Waals surface area (Å²) in [6.07, 6.45) is 10.0. The Kier molecular flexibility index (Phi) is 17.5. The van der Waals surface area contributed by atoms with Crippen LogP contribution in [0.15, 0.2) is 24.3 Å². The van der Waals surface area contributed by atoms with Crippen LogP contribution >= 0.6 is 0 Å². The predicted octanol–water partition coefficient (Wildman–Crippen LogP) is 2.80. The zero-order valence-corrected chi connectivity index (χ0v) is 12.9. The van der Waals surface area contributed by atoms with Crippen molar-refractivity contribution in [1.29, 1.82) is 0 Å². The maximum Gasteiger partial charge on any atom is -0.0312 e. The van der Waals surface area contributed by atoms with Crippen molar-refractivity contribution in [2.45, 2.75) is 6.92 Å². The summed E-state index contributed by atoms with van der Waals surface area (Å²) < 4.78 is 18.1. The molecular formula is C15H12O2W. The maximum absolute atomic E-state index is 7.50. The molecule has 2 rings (SSSR count). The van der Waals surface area contributed by atoms with Crippen LogP contribution < -0.4 is 0 Å². The first-order valence-electron chi connectivity index (χ1n) is 4.85. The summed E-state index contributed by atoms with van der Waals surface area (Å²) in [7, 11) is 0. The van der Waals surface area contributed by atoms with Gasteiger partial charge in [0.2, 0.25) is 0 Å². The fourth-order valence-corrected chi connectivity index (χ4v) is 1.43. The molecule has 90 valence electrons. The average molecular weight is 408 g/mol. The maximum atomic E-state index is 7.50. The van der Waals surface area contributed by atoms with Crippen LogP contribution in [-0.4, -0.2) is 0 Å². The Morgan fingerprint density at radius 3 is 1.44 bits per heavy atom. The fraction of sp³-hybridized carbons (Fsp3) is 0.0667. The van der Waals surface area contributed by atoms with Gasteiger partial charge in [-0.1, -0.05) is 0 Å². The smallest absolute Gasteiger partial charge is 0.0312 e. The molecule has 0 spiro atoms. The summed E-state index contributed by atoms with van der Waals surface area (Å²) >= 11 is 1.38. The third-order valence-corrected chi connectivity index (χ3v) is 2.57. The molecule has 3 heteroatoms. The van der Waals surface area contributed by atoms with E-state index in [0.717, 1.165) is 0 Å². The van der Waals surface area contributed by atoms with E-state index in [2.05, 4.69) is 48.7 Å². The van der Waals surface area contributed by atoms with Crippen LogP contribution in [0.2, 0.25) is 0 Å². The quantitative estimate of drug-likeness (QED) is 0.468. The first-order chi connectivity index (χ1) is 8.83. The van der Waals surface area contributed by atoms with E-state index in [1.807, 2.05) is 32.1 Å². The average Bonchev–Trinajstić information content (AvgIpc) is 3.03. The van der Waals surface area contributed by atoms with Crippen LogP contribution in [0.25, 0.3) is 0 Å². The number of benzene rings is 1. The van der Waals surface area contributed by atoms with Gasteiger partial charge < -0.3 is 0 Å². The van der Waals surface area contributed by atoms with Crippen molar-refractivity contribution < 1.29 is 28.5 Å². The van der Waals surface area contributed by atoms with Gasteiger partial charge in [-0.15, -0.1) is 0 Å². The molecule has 0 unspecified atom stereocenters. The van der Waals surface area contributed by atoms with Gasteiger partial charge in [-0.2, -0.15) is 0 Å². The summed E-state index contributed by atoms with van der Waals surface area (Å²) in [5.41, 5.74) is 2.51. The number of hydrogen-bond donors (Lipinski definition) is 0. The van der Waals surface area contributed by atoms with Crippen molar-refractivity contribution in [3.63, 3.8) is 0 Å². The van der Waals surface area contributed by atoms with Gasteiger partial charge >= 0.3 is 88.3 Å². The van der Waals surface area contributed by atoms with Gasteiger partial charge in [0.15, 0.2) is 0 Å². The predicted molar refractivity (Wildman–Crippen MR) is 63.5 cm³/mol. The second-order valence-corrected chi connectivity index (χ2v) is 3.66. The Labute approximate surface area is 120 Å². The third-order valence-electron chi connectivity index (χ3n) is 1.72. The van der Waals surface area contributed by atoms with Crippen molar-refractivity contribution >= 4 is 0 Å². The SMILES string of the molecule is Cc1ccc([C]#[W])cc1.[C-]#[O+].[C-]#[O+].[CH]1[CH][CH][CH][CH]1. The molecule has 0 bridgehead atoms. The van der Waals surface area contributed by atoms with Crippen molar-refractivity contribution in [2.24, 2.45) is 0 Å². The van der Waals surface area contributed by atoms with E-state index >= 15 is 0 Å². The fourth-order valence-electron chi connectivity index (χ4n) is 0.942. The minimum absolute atomic E-state index is 1.20. The van der Waals surface area contributed by atoms with E-state index < -0.39 is 0 Å².